The highest BCUT2D eigenvalue weighted by atomic mass is 79.9. The molecule has 0 bridgehead atoms. The number of halogens is 1. The molecular formula is C14H15BrN2O2. The maximum atomic E-state index is 12.4. The summed E-state index contributed by atoms with van der Waals surface area (Å²) in [6.45, 7) is 5.08. The summed E-state index contributed by atoms with van der Waals surface area (Å²) in [6, 6.07) is 7.16. The van der Waals surface area contributed by atoms with E-state index >= 15 is 0 Å². The van der Waals surface area contributed by atoms with Crippen molar-refractivity contribution in [2.75, 3.05) is 13.1 Å². The number of nitrogens with zero attached hydrogens (tertiary/aromatic N) is 2. The third-order valence-corrected chi connectivity index (χ3v) is 3.73. The van der Waals surface area contributed by atoms with Gasteiger partial charge in [-0.05, 0) is 48.0 Å². The molecule has 1 amide bonds. The standard InChI is InChI=1S/C14H15BrN2O2/c1-9-7-17(8-10(2)19-9)14(18)11-3-4-13(15)12(5-11)6-16/h3-5,9-10H,7-8H2,1-2H3/t9-,10+. The molecule has 1 aromatic carbocycles. The van der Waals surface area contributed by atoms with E-state index in [0.29, 0.717) is 28.7 Å². The molecule has 5 heteroatoms. The molecule has 0 aromatic heterocycles. The SMILES string of the molecule is C[C@@H]1CN(C(=O)c2ccc(Br)c(C#N)c2)C[C@H](C)O1. The Hall–Kier alpha value is -1.38. The molecule has 1 fully saturated rings. The fourth-order valence-corrected chi connectivity index (χ4v) is 2.61. The first-order valence-corrected chi connectivity index (χ1v) is 6.95. The van der Waals surface area contributed by atoms with Gasteiger partial charge in [0.05, 0.1) is 17.8 Å². The zero-order valence-corrected chi connectivity index (χ0v) is 12.5. The molecule has 19 heavy (non-hydrogen) atoms. The van der Waals surface area contributed by atoms with Crippen LogP contribution in [0, 0.1) is 11.3 Å². The molecule has 2 atom stereocenters. The first-order chi connectivity index (χ1) is 9.01. The average Bonchev–Trinajstić information content (AvgIpc) is 2.37. The average molecular weight is 323 g/mol. The summed E-state index contributed by atoms with van der Waals surface area (Å²) < 4.78 is 6.32. The minimum atomic E-state index is -0.0500. The number of carbonyl (C=O) groups is 1. The predicted molar refractivity (Wildman–Crippen MR) is 74.8 cm³/mol. The smallest absolute Gasteiger partial charge is 0.254 e. The van der Waals surface area contributed by atoms with Gasteiger partial charge < -0.3 is 9.64 Å². The number of rotatable bonds is 1. The van der Waals surface area contributed by atoms with E-state index in [1.807, 2.05) is 13.8 Å². The Kier molecular flexibility index (Phi) is 4.23. The molecule has 1 aromatic rings. The van der Waals surface area contributed by atoms with Crippen LogP contribution in [-0.2, 0) is 4.74 Å². The number of morpholine rings is 1. The van der Waals surface area contributed by atoms with E-state index in [2.05, 4.69) is 22.0 Å². The van der Waals surface area contributed by atoms with Gasteiger partial charge in [-0.1, -0.05) is 0 Å². The van der Waals surface area contributed by atoms with Crippen LogP contribution in [0.1, 0.15) is 29.8 Å². The quantitative estimate of drug-likeness (QED) is 0.798. The number of hydrogen-bond acceptors (Lipinski definition) is 3. The summed E-state index contributed by atoms with van der Waals surface area (Å²) in [5.74, 6) is -0.0500. The van der Waals surface area contributed by atoms with Crippen molar-refractivity contribution in [3.63, 3.8) is 0 Å². The Balaban J connectivity index is 2.22. The fourth-order valence-electron chi connectivity index (χ4n) is 2.27. The van der Waals surface area contributed by atoms with E-state index in [4.69, 9.17) is 10.00 Å². The topological polar surface area (TPSA) is 53.3 Å². The van der Waals surface area contributed by atoms with Crippen LogP contribution in [0.5, 0.6) is 0 Å². The molecule has 0 saturated carbocycles. The third-order valence-electron chi connectivity index (χ3n) is 3.04. The van der Waals surface area contributed by atoms with E-state index in [0.717, 1.165) is 0 Å². The van der Waals surface area contributed by atoms with Crippen molar-refractivity contribution >= 4 is 21.8 Å². The van der Waals surface area contributed by atoms with Crippen molar-refractivity contribution in [3.05, 3.63) is 33.8 Å². The van der Waals surface area contributed by atoms with Gasteiger partial charge in [0.2, 0.25) is 0 Å². The molecule has 0 radical (unpaired) electrons. The van der Waals surface area contributed by atoms with Crippen LogP contribution >= 0.6 is 15.9 Å². The van der Waals surface area contributed by atoms with Gasteiger partial charge in [-0.25, -0.2) is 0 Å². The van der Waals surface area contributed by atoms with Gasteiger partial charge >= 0.3 is 0 Å². The normalized spacial score (nSPS) is 22.9. The lowest BCUT2D eigenvalue weighted by atomic mass is 10.1. The highest BCUT2D eigenvalue weighted by Crippen LogP contribution is 2.20. The first kappa shape index (κ1) is 14.0. The fraction of sp³-hybridized carbons (Fsp3) is 0.429. The molecule has 0 unspecified atom stereocenters. The molecule has 0 aliphatic carbocycles. The molecule has 1 aliphatic rings. The van der Waals surface area contributed by atoms with Gasteiger partial charge in [-0.15, -0.1) is 0 Å². The minimum Gasteiger partial charge on any atom is -0.372 e. The van der Waals surface area contributed by atoms with Crippen LogP contribution in [0.2, 0.25) is 0 Å². The number of nitriles is 1. The lowest BCUT2D eigenvalue weighted by Crippen LogP contribution is -2.48. The van der Waals surface area contributed by atoms with Crippen LogP contribution in [0.15, 0.2) is 22.7 Å². The lowest BCUT2D eigenvalue weighted by molar-refractivity contribution is -0.0586. The van der Waals surface area contributed by atoms with E-state index in [-0.39, 0.29) is 18.1 Å². The predicted octanol–water partition coefficient (Wildman–Crippen LogP) is 2.57. The van der Waals surface area contributed by atoms with Gasteiger partial charge in [0.25, 0.3) is 5.91 Å². The summed E-state index contributed by atoms with van der Waals surface area (Å²) in [7, 11) is 0. The van der Waals surface area contributed by atoms with Crippen LogP contribution in [0.3, 0.4) is 0 Å². The molecule has 0 N–H and O–H groups in total. The Bertz CT molecular complexity index is 529. The highest BCUT2D eigenvalue weighted by Gasteiger charge is 2.26. The van der Waals surface area contributed by atoms with E-state index in [1.54, 1.807) is 23.1 Å². The Morgan fingerprint density at radius 3 is 2.63 bits per heavy atom. The van der Waals surface area contributed by atoms with Gasteiger partial charge in [0.1, 0.15) is 6.07 Å². The van der Waals surface area contributed by atoms with Crippen LogP contribution < -0.4 is 0 Å². The van der Waals surface area contributed by atoms with Crippen molar-refractivity contribution in [2.24, 2.45) is 0 Å². The summed E-state index contributed by atoms with van der Waals surface area (Å²) in [6.07, 6.45) is 0.0807. The van der Waals surface area contributed by atoms with Crippen molar-refractivity contribution in [3.8, 4) is 6.07 Å². The number of ether oxygens (including phenoxy) is 1. The van der Waals surface area contributed by atoms with E-state index < -0.39 is 0 Å². The highest BCUT2D eigenvalue weighted by molar-refractivity contribution is 9.10. The molecule has 0 spiro atoms. The van der Waals surface area contributed by atoms with Crippen molar-refractivity contribution < 1.29 is 9.53 Å². The van der Waals surface area contributed by atoms with E-state index in [1.165, 1.54) is 0 Å². The Labute approximate surface area is 121 Å². The summed E-state index contributed by atoms with van der Waals surface area (Å²) in [5, 5.41) is 8.99. The molecule has 1 heterocycles. The third kappa shape index (κ3) is 3.14. The monoisotopic (exact) mass is 322 g/mol. The molecule has 1 aliphatic heterocycles. The molecule has 2 rings (SSSR count). The zero-order chi connectivity index (χ0) is 14.0. The summed E-state index contributed by atoms with van der Waals surface area (Å²) in [4.78, 5) is 14.2. The Morgan fingerprint density at radius 2 is 2.05 bits per heavy atom. The molecular weight excluding hydrogens is 308 g/mol. The second-order valence-electron chi connectivity index (χ2n) is 4.77. The summed E-state index contributed by atoms with van der Waals surface area (Å²) in [5.41, 5.74) is 1.02. The van der Waals surface area contributed by atoms with Gasteiger partial charge in [0, 0.05) is 23.1 Å². The van der Waals surface area contributed by atoms with Crippen LogP contribution in [0.25, 0.3) is 0 Å². The second-order valence-corrected chi connectivity index (χ2v) is 5.63. The maximum Gasteiger partial charge on any atom is 0.254 e. The van der Waals surface area contributed by atoms with Gasteiger partial charge in [-0.3, -0.25) is 4.79 Å². The second kappa shape index (κ2) is 5.72. The largest absolute Gasteiger partial charge is 0.372 e. The zero-order valence-electron chi connectivity index (χ0n) is 10.9. The lowest BCUT2D eigenvalue weighted by Gasteiger charge is -2.35. The van der Waals surface area contributed by atoms with E-state index in [9.17, 15) is 4.79 Å². The number of amides is 1. The van der Waals surface area contributed by atoms with Gasteiger partial charge in [0.15, 0.2) is 0 Å². The van der Waals surface area contributed by atoms with Crippen LogP contribution in [0.4, 0.5) is 0 Å². The van der Waals surface area contributed by atoms with Crippen molar-refractivity contribution in [1.82, 2.24) is 4.90 Å². The van der Waals surface area contributed by atoms with Crippen molar-refractivity contribution in [1.29, 1.82) is 5.26 Å². The maximum absolute atomic E-state index is 12.4. The van der Waals surface area contributed by atoms with Crippen molar-refractivity contribution in [2.45, 2.75) is 26.1 Å². The minimum absolute atomic E-state index is 0.0404. The summed E-state index contributed by atoms with van der Waals surface area (Å²) >= 11 is 3.29. The molecule has 4 nitrogen and oxygen atoms in total. The number of benzene rings is 1. The first-order valence-electron chi connectivity index (χ1n) is 6.15. The number of carbonyl (C=O) groups excluding carboxylic acids is 1. The molecule has 1 saturated heterocycles. The Morgan fingerprint density at radius 1 is 1.42 bits per heavy atom. The van der Waals surface area contributed by atoms with Crippen LogP contribution in [-0.4, -0.2) is 36.1 Å². The van der Waals surface area contributed by atoms with Gasteiger partial charge in [-0.2, -0.15) is 5.26 Å². The molecule has 100 valence electrons. The number of hydrogen-bond donors (Lipinski definition) is 0.